The zero-order valence-corrected chi connectivity index (χ0v) is 19.3. The van der Waals surface area contributed by atoms with Gasteiger partial charge in [0.2, 0.25) is 0 Å². The molecule has 0 unspecified atom stereocenters. The van der Waals surface area contributed by atoms with Crippen LogP contribution in [0.5, 0.6) is 0 Å². The molecule has 4 nitrogen and oxygen atoms in total. The smallest absolute Gasteiger partial charge is 0.191 e. The summed E-state index contributed by atoms with van der Waals surface area (Å²) in [6.07, 6.45) is 4.36. The third-order valence-corrected chi connectivity index (χ3v) is 6.42. The number of nitrogens with one attached hydrogen (secondary N) is 2. The molecule has 1 aromatic heterocycles. The highest BCUT2D eigenvalue weighted by Gasteiger charge is 2.38. The molecule has 2 aromatic rings. The van der Waals surface area contributed by atoms with Gasteiger partial charge >= 0.3 is 0 Å². The van der Waals surface area contributed by atoms with Crippen LogP contribution in [0.4, 0.5) is 4.39 Å². The first-order valence-corrected chi connectivity index (χ1v) is 9.97. The first-order valence-electron chi connectivity index (χ1n) is 9.16. The van der Waals surface area contributed by atoms with Crippen molar-refractivity contribution < 1.29 is 4.39 Å². The minimum Gasteiger partial charge on any atom is -0.356 e. The fourth-order valence-electron chi connectivity index (χ4n) is 3.38. The van der Waals surface area contributed by atoms with Gasteiger partial charge in [-0.25, -0.2) is 9.37 Å². The van der Waals surface area contributed by atoms with Crippen LogP contribution < -0.4 is 10.6 Å². The first kappa shape index (κ1) is 22.1. The summed E-state index contributed by atoms with van der Waals surface area (Å²) in [5, 5.41) is 7.99. The van der Waals surface area contributed by atoms with Crippen molar-refractivity contribution in [2.75, 3.05) is 20.1 Å². The standard InChI is InChI=1S/C20H27FN4S.HI/c1-14-15(2)26-18(25-14)9-12-23-19(22-3)24-13-20(10-4-11-20)16-5-7-17(21)8-6-16;/h5-8H,4,9-13H2,1-3H3,(H2,22,23,24);1H. The average molecular weight is 502 g/mol. The van der Waals surface area contributed by atoms with Crippen molar-refractivity contribution in [3.63, 3.8) is 0 Å². The normalized spacial score (nSPS) is 15.6. The van der Waals surface area contributed by atoms with Crippen molar-refractivity contribution in [2.24, 2.45) is 4.99 Å². The lowest BCUT2D eigenvalue weighted by molar-refractivity contribution is 0.243. The predicted octanol–water partition coefficient (Wildman–Crippen LogP) is 4.35. The molecule has 7 heteroatoms. The molecule has 148 valence electrons. The van der Waals surface area contributed by atoms with E-state index in [9.17, 15) is 4.39 Å². The molecule has 1 aliphatic carbocycles. The van der Waals surface area contributed by atoms with Crippen molar-refractivity contribution in [3.8, 4) is 0 Å². The fraction of sp³-hybridized carbons (Fsp3) is 0.500. The third-order valence-electron chi connectivity index (χ3n) is 5.29. The van der Waals surface area contributed by atoms with E-state index in [0.29, 0.717) is 0 Å². The van der Waals surface area contributed by atoms with Gasteiger partial charge in [0.25, 0.3) is 0 Å². The van der Waals surface area contributed by atoms with Crippen LogP contribution in [-0.2, 0) is 11.8 Å². The molecule has 27 heavy (non-hydrogen) atoms. The topological polar surface area (TPSA) is 49.3 Å². The lowest BCUT2D eigenvalue weighted by Gasteiger charge is -2.43. The summed E-state index contributed by atoms with van der Waals surface area (Å²) >= 11 is 1.76. The van der Waals surface area contributed by atoms with Crippen molar-refractivity contribution in [3.05, 3.63) is 51.2 Å². The van der Waals surface area contributed by atoms with Crippen molar-refractivity contribution in [1.29, 1.82) is 0 Å². The lowest BCUT2D eigenvalue weighted by atomic mass is 9.64. The van der Waals surface area contributed by atoms with Gasteiger partial charge in [0.05, 0.1) is 10.7 Å². The van der Waals surface area contributed by atoms with E-state index < -0.39 is 0 Å². The second-order valence-electron chi connectivity index (χ2n) is 6.99. The molecule has 3 rings (SSSR count). The molecule has 0 radical (unpaired) electrons. The molecular formula is C20H28FIN4S. The molecule has 0 saturated heterocycles. The number of aryl methyl sites for hydroxylation is 2. The van der Waals surface area contributed by atoms with Gasteiger partial charge in [-0.05, 0) is 44.4 Å². The Morgan fingerprint density at radius 3 is 2.44 bits per heavy atom. The van der Waals surface area contributed by atoms with Gasteiger partial charge in [0.15, 0.2) is 5.96 Å². The maximum Gasteiger partial charge on any atom is 0.191 e. The molecule has 0 spiro atoms. The van der Waals surface area contributed by atoms with Crippen LogP contribution in [0, 0.1) is 19.7 Å². The van der Waals surface area contributed by atoms with Crippen molar-refractivity contribution >= 4 is 41.3 Å². The Balaban J connectivity index is 0.00000261. The van der Waals surface area contributed by atoms with Crippen LogP contribution in [0.3, 0.4) is 0 Å². The van der Waals surface area contributed by atoms with Gasteiger partial charge < -0.3 is 10.6 Å². The fourth-order valence-corrected chi connectivity index (χ4v) is 4.32. The first-order chi connectivity index (χ1) is 12.5. The van der Waals surface area contributed by atoms with Crippen LogP contribution in [0.2, 0.25) is 0 Å². The maximum absolute atomic E-state index is 13.2. The SMILES string of the molecule is CN=C(NCCc1nc(C)c(C)s1)NCC1(c2ccc(F)cc2)CCC1.I. The third kappa shape index (κ3) is 5.40. The van der Waals surface area contributed by atoms with E-state index in [0.717, 1.165) is 49.0 Å². The summed E-state index contributed by atoms with van der Waals surface area (Å²) in [6.45, 7) is 5.78. The zero-order valence-electron chi connectivity index (χ0n) is 16.1. The van der Waals surface area contributed by atoms with Crippen LogP contribution in [0.15, 0.2) is 29.3 Å². The number of rotatable bonds is 6. The summed E-state index contributed by atoms with van der Waals surface area (Å²) in [5.74, 6) is 0.629. The minimum atomic E-state index is -0.179. The number of hydrogen-bond acceptors (Lipinski definition) is 3. The summed E-state index contributed by atoms with van der Waals surface area (Å²) in [5.41, 5.74) is 2.43. The molecule has 0 bridgehead atoms. The van der Waals surface area contributed by atoms with Crippen LogP contribution in [0.1, 0.15) is 40.4 Å². The largest absolute Gasteiger partial charge is 0.356 e. The molecular weight excluding hydrogens is 474 g/mol. The second-order valence-corrected chi connectivity index (χ2v) is 8.28. The summed E-state index contributed by atoms with van der Waals surface area (Å²) in [4.78, 5) is 10.2. The highest BCUT2D eigenvalue weighted by Crippen LogP contribution is 2.43. The Labute approximate surface area is 182 Å². The number of benzene rings is 1. The maximum atomic E-state index is 13.2. The van der Waals surface area contributed by atoms with E-state index in [2.05, 4.69) is 34.5 Å². The summed E-state index contributed by atoms with van der Waals surface area (Å²) in [6, 6.07) is 6.94. The minimum absolute atomic E-state index is 0. The number of thiazole rings is 1. The lowest BCUT2D eigenvalue weighted by Crippen LogP contribution is -2.49. The number of guanidine groups is 1. The van der Waals surface area contributed by atoms with Gasteiger partial charge in [-0.1, -0.05) is 18.6 Å². The van der Waals surface area contributed by atoms with Crippen molar-refractivity contribution in [2.45, 2.75) is 44.9 Å². The number of halogens is 2. The van der Waals surface area contributed by atoms with Gasteiger partial charge in [0.1, 0.15) is 5.82 Å². The monoisotopic (exact) mass is 502 g/mol. The van der Waals surface area contributed by atoms with Gasteiger partial charge in [-0.15, -0.1) is 35.3 Å². The molecule has 2 N–H and O–H groups in total. The molecule has 0 amide bonds. The second kappa shape index (κ2) is 9.82. The Morgan fingerprint density at radius 1 is 1.22 bits per heavy atom. The molecule has 1 heterocycles. The quantitative estimate of drug-likeness (QED) is 0.351. The summed E-state index contributed by atoms with van der Waals surface area (Å²) in [7, 11) is 1.79. The number of aliphatic imine (C=N–C) groups is 1. The molecule has 0 aliphatic heterocycles. The van der Waals surface area contributed by atoms with E-state index in [1.165, 1.54) is 16.9 Å². The van der Waals surface area contributed by atoms with Gasteiger partial charge in [-0.2, -0.15) is 0 Å². The molecule has 1 saturated carbocycles. The van der Waals surface area contributed by atoms with E-state index in [-0.39, 0.29) is 35.2 Å². The molecule has 1 aliphatic rings. The Morgan fingerprint density at radius 2 is 1.93 bits per heavy atom. The molecule has 1 aromatic carbocycles. The Kier molecular flexibility index (Phi) is 8.03. The summed E-state index contributed by atoms with van der Waals surface area (Å²) < 4.78 is 13.2. The number of aromatic nitrogens is 1. The van der Waals surface area contributed by atoms with E-state index in [4.69, 9.17) is 0 Å². The van der Waals surface area contributed by atoms with Gasteiger partial charge in [-0.3, -0.25) is 4.99 Å². The zero-order chi connectivity index (χ0) is 18.6. The Hall–Kier alpha value is -1.22. The average Bonchev–Trinajstić information content (AvgIpc) is 2.91. The number of hydrogen-bond donors (Lipinski definition) is 2. The van der Waals surface area contributed by atoms with Crippen LogP contribution in [-0.4, -0.2) is 31.1 Å². The van der Waals surface area contributed by atoms with E-state index >= 15 is 0 Å². The highest BCUT2D eigenvalue weighted by atomic mass is 127. The predicted molar refractivity (Wildman–Crippen MR) is 122 cm³/mol. The molecule has 0 atom stereocenters. The highest BCUT2D eigenvalue weighted by molar-refractivity contribution is 14.0. The molecule has 1 fully saturated rings. The van der Waals surface area contributed by atoms with E-state index in [1.807, 2.05) is 12.1 Å². The van der Waals surface area contributed by atoms with Crippen LogP contribution in [0.25, 0.3) is 0 Å². The van der Waals surface area contributed by atoms with Gasteiger partial charge in [0, 0.05) is 36.9 Å². The van der Waals surface area contributed by atoms with E-state index in [1.54, 1.807) is 30.5 Å². The van der Waals surface area contributed by atoms with Crippen LogP contribution >= 0.6 is 35.3 Å². The van der Waals surface area contributed by atoms with Crippen molar-refractivity contribution in [1.82, 2.24) is 15.6 Å². The number of nitrogens with zero attached hydrogens (tertiary/aromatic N) is 2. The Bertz CT molecular complexity index is 749.